The van der Waals surface area contributed by atoms with Gasteiger partial charge in [0.05, 0.1) is 31.8 Å². The number of nitrogens with zero attached hydrogens (tertiary/aromatic N) is 4. The van der Waals surface area contributed by atoms with Crippen molar-refractivity contribution in [2.24, 2.45) is 0 Å². The first-order valence-electron chi connectivity index (χ1n) is 46.1. The van der Waals surface area contributed by atoms with E-state index in [2.05, 4.69) is 18.5 Å². The molecule has 0 N–H and O–H groups in total. The number of aromatic nitrogens is 4. The summed E-state index contributed by atoms with van der Waals surface area (Å²) in [6.07, 6.45) is -15.0. The van der Waals surface area contributed by atoms with Gasteiger partial charge >= 0.3 is 0 Å². The Kier molecular flexibility index (Phi) is 5.65. The Morgan fingerprint density at radius 2 is 1.21 bits per heavy atom. The summed E-state index contributed by atoms with van der Waals surface area (Å²) < 4.78 is 410. The zero-order valence-corrected chi connectivity index (χ0v) is 44.7. The standard InChI is InChI=1S/C74H70N4O.Pt/c1-70(2,3)52-35-40-75-68(44-52)78-64-26-16-15-23-58(64)59-31-30-55(46-66(59)78)79-54-22-17-21-53(45-54)76-47-77(65-34-29-49(43-67(65)76)48-19-13-12-14-20-48)69-56(50-27-32-60-62(41-50)73(8,9)38-36-71(60,4)5)24-18-25-57(69)51-28-33-61-63(42-51)74(10,11)39-37-72(61,6)7;/h12-35,40-44H,36-39H2,1-11H3;/q-2;/i4D3,5D3,6D3,7D3,8D3,9D3,10D3,11D3,12D,13D,14D,19D,20D,27D,28D,32D,33D,36D2,37D2,38D2,39D2,41D,42D;. The van der Waals surface area contributed by atoms with Gasteiger partial charge < -0.3 is 13.9 Å². The van der Waals surface area contributed by atoms with E-state index in [0.717, 1.165) is 55.9 Å². The molecule has 2 aliphatic rings. The van der Waals surface area contributed by atoms with Crippen molar-refractivity contribution in [2.75, 3.05) is 0 Å². The number of benzene rings is 8. The van der Waals surface area contributed by atoms with Crippen LogP contribution in [0, 0.1) is 18.5 Å². The van der Waals surface area contributed by atoms with E-state index in [1.807, 2.05) is 61.7 Å². The van der Waals surface area contributed by atoms with E-state index in [9.17, 15) is 19.2 Å². The molecule has 11 aromatic rings. The van der Waals surface area contributed by atoms with Crippen molar-refractivity contribution in [3.63, 3.8) is 0 Å². The number of para-hydroxylation sites is 2. The molecule has 0 amide bonds. The van der Waals surface area contributed by atoms with E-state index in [4.69, 9.17) is 49.5 Å². The van der Waals surface area contributed by atoms with E-state index < -0.39 is 230 Å². The topological polar surface area (TPSA) is 35.9 Å². The van der Waals surface area contributed by atoms with Crippen LogP contribution in [-0.2, 0) is 48.1 Å². The summed E-state index contributed by atoms with van der Waals surface area (Å²) in [6.45, 7) is -31.0. The summed E-state index contributed by atoms with van der Waals surface area (Å²) in [7, 11) is 0. The molecule has 0 fully saturated rings. The van der Waals surface area contributed by atoms with Gasteiger partial charge in [-0.05, 0) is 149 Å². The monoisotopic (exact) mass is 1270 g/mol. The van der Waals surface area contributed by atoms with Crippen molar-refractivity contribution in [2.45, 2.75) is 128 Å². The minimum absolute atomic E-state index is 0. The Balaban J connectivity index is 0.0000138. The molecular weight excluding hydrogens is 1160 g/mol. The second-order valence-corrected chi connectivity index (χ2v) is 20.3. The average molecular weight is 1270 g/mol. The molecule has 5 nitrogen and oxygen atoms in total. The largest absolute Gasteiger partial charge is 0.510 e. The molecule has 13 rings (SSSR count). The van der Waals surface area contributed by atoms with Crippen LogP contribution >= 0.6 is 0 Å². The third kappa shape index (κ3) is 9.14. The van der Waals surface area contributed by atoms with Crippen molar-refractivity contribution in [3.05, 3.63) is 222 Å². The fourth-order valence-corrected chi connectivity index (χ4v) is 9.95. The molecule has 0 bridgehead atoms. The third-order valence-electron chi connectivity index (χ3n) is 13.9. The summed E-state index contributed by atoms with van der Waals surface area (Å²) in [5.41, 5.74) is -33.0. The molecule has 3 heterocycles. The molecule has 2 aliphatic carbocycles. The Bertz CT molecular complexity index is 5950. The number of hydrogen-bond acceptors (Lipinski definition) is 2. The molecule has 80 heavy (non-hydrogen) atoms. The normalized spacial score (nSPS) is 27.7. The zero-order valence-electron chi connectivity index (χ0n) is 85.4. The minimum atomic E-state index is -4.94. The number of pyridine rings is 1. The first-order valence-corrected chi connectivity index (χ1v) is 24.6. The molecule has 8 aromatic carbocycles. The molecule has 0 spiro atoms. The number of hydrogen-bond donors (Lipinski definition) is 0. The van der Waals surface area contributed by atoms with Gasteiger partial charge in [-0.2, -0.15) is 18.2 Å². The van der Waals surface area contributed by atoms with Crippen LogP contribution in [0.3, 0.4) is 0 Å². The maximum absolute atomic E-state index is 10.5. The summed E-state index contributed by atoms with van der Waals surface area (Å²) in [5.74, 6) is 0.376. The van der Waals surface area contributed by atoms with Gasteiger partial charge in [0.25, 0.3) is 6.33 Å². The molecule has 3 aromatic heterocycles. The fourth-order valence-electron chi connectivity index (χ4n) is 9.95. The van der Waals surface area contributed by atoms with Gasteiger partial charge in [0.2, 0.25) is 0 Å². The second-order valence-electron chi connectivity index (χ2n) is 20.3. The van der Waals surface area contributed by atoms with Crippen molar-refractivity contribution in [1.29, 1.82) is 0 Å². The van der Waals surface area contributed by atoms with Gasteiger partial charge in [0.1, 0.15) is 5.82 Å². The molecule has 0 saturated carbocycles. The van der Waals surface area contributed by atoms with Crippen LogP contribution in [0.4, 0.5) is 0 Å². The molecule has 0 saturated heterocycles. The van der Waals surface area contributed by atoms with Crippen LogP contribution < -0.4 is 9.30 Å². The molecule has 404 valence electrons. The predicted octanol–water partition coefficient (Wildman–Crippen LogP) is 18.6. The molecule has 0 radical (unpaired) electrons. The van der Waals surface area contributed by atoms with E-state index in [1.165, 1.54) is 24.3 Å². The summed E-state index contributed by atoms with van der Waals surface area (Å²) in [6, 6.07) is 15.8. The van der Waals surface area contributed by atoms with Crippen LogP contribution in [0.25, 0.3) is 83.4 Å². The number of fused-ring (bicyclic) bond motifs is 6. The van der Waals surface area contributed by atoms with E-state index in [-0.39, 0.29) is 54.7 Å². The first kappa shape index (κ1) is 23.3. The Labute approximate surface area is 548 Å². The van der Waals surface area contributed by atoms with E-state index in [1.54, 1.807) is 18.3 Å². The summed E-state index contributed by atoms with van der Waals surface area (Å²) >= 11 is 0. The van der Waals surface area contributed by atoms with Gasteiger partial charge in [-0.1, -0.05) is 196 Å². The summed E-state index contributed by atoms with van der Waals surface area (Å²) in [5, 5.41) is 1.49. The SMILES string of the molecule is [2H]c1c([2H])c([2H])c(-c2ccc3c(c2)n(-c2[c-]c(Oc4[c-]c5c(cc4)c4ccccc4n5-c4cc(C(C)(C)C)ccn4)ccc2)[c-][n+]3-c2c(-c3c([2H])c([2H])c4c(c3[2H])C(C([2H])([2H])[2H])(C([2H])([2H])[2H])C([2H])([2H])C([2H])([2H])C4(C([2H])([2H])[2H])C([2H])([2H])[2H])cccc2-c2c([2H])c([2H])c3c(c2[2H])C(C([2H])([2H])[2H])(C([2H])([2H])[2H])C([2H])([2H])C([2H])([2H])C3(C([2H])([2H])[2H])C([2H])([2H])[2H])c([2H])c1[2H].[Pt]. The van der Waals surface area contributed by atoms with Crippen LogP contribution in [0.2, 0.25) is 0 Å². The van der Waals surface area contributed by atoms with Crippen LogP contribution in [0.5, 0.6) is 11.5 Å². The van der Waals surface area contributed by atoms with E-state index in [0.29, 0.717) is 16.7 Å². The first-order chi connectivity index (χ1) is 55.4. The van der Waals surface area contributed by atoms with Gasteiger partial charge in [-0.3, -0.25) is 4.57 Å². The number of ether oxygens (including phenoxy) is 1. The van der Waals surface area contributed by atoms with Gasteiger partial charge in [-0.15, -0.1) is 29.7 Å². The quantitative estimate of drug-likeness (QED) is 0.112. The fraction of sp³-hybridized carbons (Fsp3) is 0.270. The van der Waals surface area contributed by atoms with Crippen molar-refractivity contribution in [3.8, 4) is 62.1 Å². The summed E-state index contributed by atoms with van der Waals surface area (Å²) in [4.78, 5) is 4.74. The van der Waals surface area contributed by atoms with Crippen LogP contribution in [0.1, 0.15) is 188 Å². The zero-order chi connectivity index (χ0) is 91.5. The van der Waals surface area contributed by atoms with Crippen molar-refractivity contribution in [1.82, 2.24) is 14.1 Å². The van der Waals surface area contributed by atoms with Crippen LogP contribution in [0.15, 0.2) is 176 Å². The second kappa shape index (κ2) is 19.4. The number of rotatable bonds is 8. The smallest absolute Gasteiger partial charge is 0.268 e. The van der Waals surface area contributed by atoms with Gasteiger partial charge in [0.15, 0.2) is 0 Å². The van der Waals surface area contributed by atoms with Crippen molar-refractivity contribution < 1.29 is 89.3 Å². The van der Waals surface area contributed by atoms with E-state index >= 15 is 0 Å². The van der Waals surface area contributed by atoms with Gasteiger partial charge in [0, 0.05) is 88.1 Å². The predicted molar refractivity (Wildman–Crippen MR) is 326 cm³/mol. The molecule has 6 heteroatoms. The molecule has 0 atom stereocenters. The third-order valence-corrected chi connectivity index (χ3v) is 13.9. The average Bonchev–Trinajstić information content (AvgIpc) is 0.932. The molecule has 0 aliphatic heterocycles. The Morgan fingerprint density at radius 3 is 1.86 bits per heavy atom. The van der Waals surface area contributed by atoms with Gasteiger partial charge in [-0.25, -0.2) is 4.98 Å². The number of imidazole rings is 1. The molecule has 0 unspecified atom stereocenters. The minimum Gasteiger partial charge on any atom is -0.510 e. The Morgan fingerprint density at radius 1 is 0.588 bits per heavy atom. The maximum atomic E-state index is 10.5. The van der Waals surface area contributed by atoms with Crippen molar-refractivity contribution >= 4 is 32.8 Å². The molecular formula is C74H70N4OPt-2. The van der Waals surface area contributed by atoms with Crippen LogP contribution in [-0.4, -0.2) is 14.1 Å². The maximum Gasteiger partial charge on any atom is 0.268 e. The Hall–Kier alpha value is -7.33.